The number of nitrogens with zero attached hydrogens (tertiary/aromatic N) is 2. The van der Waals surface area contributed by atoms with Gasteiger partial charge in [-0.2, -0.15) is 5.10 Å². The molecule has 104 valence electrons. The molecule has 1 aliphatic heterocycles. The van der Waals surface area contributed by atoms with Crippen LogP contribution in [0.25, 0.3) is 0 Å². The Morgan fingerprint density at radius 2 is 2.40 bits per heavy atom. The van der Waals surface area contributed by atoms with Crippen LogP contribution in [0.2, 0.25) is 0 Å². The quantitative estimate of drug-likeness (QED) is 0.814. The third kappa shape index (κ3) is 2.39. The topological polar surface area (TPSA) is 45.8 Å². The number of thiophene rings is 1. The largest absolute Gasteiger partial charge is 0.460 e. The molecule has 0 radical (unpaired) electrons. The molecule has 1 amide bonds. The fourth-order valence-corrected chi connectivity index (χ4v) is 3.18. The van der Waals surface area contributed by atoms with Crippen LogP contribution in [0.15, 0.2) is 39.2 Å². The number of furan rings is 1. The van der Waals surface area contributed by atoms with Gasteiger partial charge in [0.2, 0.25) is 0 Å². The van der Waals surface area contributed by atoms with Gasteiger partial charge in [-0.3, -0.25) is 4.79 Å². The van der Waals surface area contributed by atoms with Crippen LogP contribution in [0.4, 0.5) is 0 Å². The Labute approximate surface area is 125 Å². The highest BCUT2D eigenvalue weighted by molar-refractivity contribution is 7.10. The highest BCUT2D eigenvalue weighted by Crippen LogP contribution is 2.35. The van der Waals surface area contributed by atoms with Crippen molar-refractivity contribution in [3.05, 3.63) is 46.0 Å². The lowest BCUT2D eigenvalue weighted by Crippen LogP contribution is -2.27. The summed E-state index contributed by atoms with van der Waals surface area (Å²) in [4.78, 5) is 13.1. The predicted molar refractivity (Wildman–Crippen MR) is 79.2 cm³/mol. The molecule has 1 aliphatic rings. The minimum atomic E-state index is -0.191. The van der Waals surface area contributed by atoms with Crippen molar-refractivity contribution in [3.8, 4) is 0 Å². The van der Waals surface area contributed by atoms with Gasteiger partial charge in [0.15, 0.2) is 0 Å². The van der Waals surface area contributed by atoms with Crippen LogP contribution >= 0.6 is 22.9 Å². The number of hydrogen-bond donors (Lipinski definition) is 0. The van der Waals surface area contributed by atoms with Crippen molar-refractivity contribution < 1.29 is 9.21 Å². The van der Waals surface area contributed by atoms with Gasteiger partial charge in [-0.05, 0) is 30.5 Å². The number of amides is 1. The van der Waals surface area contributed by atoms with Gasteiger partial charge in [-0.1, -0.05) is 6.07 Å². The lowest BCUT2D eigenvalue weighted by atomic mass is 10.1. The van der Waals surface area contributed by atoms with Crippen LogP contribution in [0.1, 0.15) is 28.9 Å². The maximum absolute atomic E-state index is 12.0. The van der Waals surface area contributed by atoms with Crippen molar-refractivity contribution in [2.24, 2.45) is 5.10 Å². The van der Waals surface area contributed by atoms with E-state index >= 15 is 0 Å². The van der Waals surface area contributed by atoms with Gasteiger partial charge in [0.05, 0.1) is 6.04 Å². The minimum Gasteiger partial charge on any atom is -0.460 e. The van der Waals surface area contributed by atoms with Crippen LogP contribution in [0, 0.1) is 6.92 Å². The number of rotatable bonds is 3. The van der Waals surface area contributed by atoms with Crippen molar-refractivity contribution in [3.63, 3.8) is 0 Å². The fourth-order valence-electron chi connectivity index (χ4n) is 2.24. The Kier molecular flexibility index (Phi) is 3.63. The minimum absolute atomic E-state index is 0.0736. The third-order valence-electron chi connectivity index (χ3n) is 3.18. The molecule has 20 heavy (non-hydrogen) atoms. The second-order valence-electron chi connectivity index (χ2n) is 4.56. The number of hydrazone groups is 1. The van der Waals surface area contributed by atoms with E-state index in [-0.39, 0.29) is 17.8 Å². The Morgan fingerprint density at radius 3 is 3.00 bits per heavy atom. The Balaban J connectivity index is 1.93. The molecule has 6 heteroatoms. The lowest BCUT2D eigenvalue weighted by Gasteiger charge is -2.19. The Bertz CT molecular complexity index is 648. The summed E-state index contributed by atoms with van der Waals surface area (Å²) in [5.74, 6) is 1.28. The monoisotopic (exact) mass is 308 g/mol. The van der Waals surface area contributed by atoms with Gasteiger partial charge in [0.1, 0.15) is 23.1 Å². The van der Waals surface area contributed by atoms with Crippen LogP contribution in [0.3, 0.4) is 0 Å². The molecule has 4 nitrogen and oxygen atoms in total. The van der Waals surface area contributed by atoms with E-state index < -0.39 is 0 Å². The maximum atomic E-state index is 12.0. The zero-order chi connectivity index (χ0) is 14.1. The summed E-state index contributed by atoms with van der Waals surface area (Å²) in [6.07, 6.45) is 0.649. The van der Waals surface area contributed by atoms with E-state index in [9.17, 15) is 4.79 Å². The summed E-state index contributed by atoms with van der Waals surface area (Å²) in [5.41, 5.74) is 0.787. The average molecular weight is 309 g/mol. The summed E-state index contributed by atoms with van der Waals surface area (Å²) in [7, 11) is 0. The molecule has 2 aromatic rings. The van der Waals surface area contributed by atoms with E-state index in [1.54, 1.807) is 11.3 Å². The maximum Gasteiger partial charge on any atom is 0.258 e. The molecule has 0 saturated heterocycles. The smallest absolute Gasteiger partial charge is 0.258 e. The molecule has 0 aromatic carbocycles. The highest BCUT2D eigenvalue weighted by atomic mass is 35.5. The fraction of sp³-hybridized carbons (Fsp3) is 0.286. The van der Waals surface area contributed by atoms with Gasteiger partial charge in [0.25, 0.3) is 5.91 Å². The summed E-state index contributed by atoms with van der Waals surface area (Å²) < 4.78 is 5.60. The molecule has 0 aliphatic carbocycles. The average Bonchev–Trinajstić information content (AvgIpc) is 3.16. The van der Waals surface area contributed by atoms with Gasteiger partial charge in [-0.25, -0.2) is 5.01 Å². The standard InChI is InChI=1S/C14H13ClN2O2S/c1-9-4-5-12(19-9)10-7-11(13-3-2-6-20-13)17(16-10)14(18)8-15/h2-6,11H,7-8H2,1H3/t11-/m1/s1. The molecular formula is C14H13ClN2O2S. The second-order valence-corrected chi connectivity index (χ2v) is 5.81. The molecule has 0 fully saturated rings. The molecule has 2 aromatic heterocycles. The van der Waals surface area contributed by atoms with Gasteiger partial charge < -0.3 is 4.42 Å². The Hall–Kier alpha value is -1.59. The first-order valence-corrected chi connectivity index (χ1v) is 7.66. The number of hydrogen-bond acceptors (Lipinski definition) is 4. The molecule has 3 heterocycles. The van der Waals surface area contributed by atoms with Crippen molar-refractivity contribution in [2.75, 3.05) is 5.88 Å². The van der Waals surface area contributed by atoms with E-state index in [4.69, 9.17) is 16.0 Å². The molecule has 0 bridgehead atoms. The van der Waals surface area contributed by atoms with Gasteiger partial charge in [0, 0.05) is 11.3 Å². The first-order valence-electron chi connectivity index (χ1n) is 6.24. The lowest BCUT2D eigenvalue weighted by molar-refractivity contribution is -0.130. The van der Waals surface area contributed by atoms with Crippen LogP contribution in [-0.4, -0.2) is 22.5 Å². The SMILES string of the molecule is Cc1ccc(C2=NN(C(=O)CCl)[C@@H](c3cccs3)C2)o1. The molecule has 0 unspecified atom stereocenters. The second kappa shape index (κ2) is 5.42. The highest BCUT2D eigenvalue weighted by Gasteiger charge is 2.34. The number of aryl methyl sites for hydroxylation is 1. The number of alkyl halides is 1. The molecular weight excluding hydrogens is 296 g/mol. The van der Waals surface area contributed by atoms with Crippen LogP contribution < -0.4 is 0 Å². The molecule has 0 spiro atoms. The number of halogens is 1. The van der Waals surface area contributed by atoms with Gasteiger partial charge in [-0.15, -0.1) is 22.9 Å². The molecule has 0 N–H and O–H groups in total. The normalized spacial score (nSPS) is 18.4. The summed E-state index contributed by atoms with van der Waals surface area (Å²) >= 11 is 7.29. The first-order chi connectivity index (χ1) is 9.69. The zero-order valence-corrected chi connectivity index (χ0v) is 12.4. The predicted octanol–water partition coefficient (Wildman–Crippen LogP) is 3.57. The van der Waals surface area contributed by atoms with E-state index in [2.05, 4.69) is 5.10 Å². The molecule has 1 atom stereocenters. The van der Waals surface area contributed by atoms with Crippen molar-refractivity contribution in [1.82, 2.24) is 5.01 Å². The van der Waals surface area contributed by atoms with E-state index in [1.807, 2.05) is 36.6 Å². The molecule has 0 saturated carbocycles. The zero-order valence-electron chi connectivity index (χ0n) is 10.9. The van der Waals surface area contributed by atoms with E-state index in [0.29, 0.717) is 12.2 Å². The summed E-state index contributed by atoms with van der Waals surface area (Å²) in [6, 6.07) is 7.67. The third-order valence-corrected chi connectivity index (χ3v) is 4.38. The van der Waals surface area contributed by atoms with Crippen molar-refractivity contribution >= 4 is 34.6 Å². The Morgan fingerprint density at radius 1 is 1.55 bits per heavy atom. The molecule has 3 rings (SSSR count). The van der Waals surface area contributed by atoms with Crippen LogP contribution in [-0.2, 0) is 4.79 Å². The van der Waals surface area contributed by atoms with E-state index in [0.717, 1.165) is 16.3 Å². The van der Waals surface area contributed by atoms with Crippen molar-refractivity contribution in [1.29, 1.82) is 0 Å². The number of carbonyl (C=O) groups excluding carboxylic acids is 1. The van der Waals surface area contributed by atoms with Crippen LogP contribution in [0.5, 0.6) is 0 Å². The summed E-state index contributed by atoms with van der Waals surface area (Å²) in [5, 5.41) is 7.88. The van der Waals surface area contributed by atoms with Gasteiger partial charge >= 0.3 is 0 Å². The van der Waals surface area contributed by atoms with E-state index in [1.165, 1.54) is 5.01 Å². The number of carbonyl (C=O) groups is 1. The van der Waals surface area contributed by atoms with Crippen molar-refractivity contribution in [2.45, 2.75) is 19.4 Å². The summed E-state index contributed by atoms with van der Waals surface area (Å²) in [6.45, 7) is 1.89. The first kappa shape index (κ1) is 13.4.